The molecule has 1 unspecified atom stereocenters. The summed E-state index contributed by atoms with van der Waals surface area (Å²) in [6.07, 6.45) is 0. The maximum atomic E-state index is 12.1. The van der Waals surface area contributed by atoms with E-state index in [1.807, 2.05) is 38.1 Å². The number of para-hydroxylation sites is 2. The van der Waals surface area contributed by atoms with Crippen LogP contribution in [0.4, 0.5) is 0 Å². The Labute approximate surface area is 143 Å². The predicted octanol–water partition coefficient (Wildman–Crippen LogP) is 3.96. The third-order valence-electron chi connectivity index (χ3n) is 3.92. The lowest BCUT2D eigenvalue weighted by molar-refractivity contribution is -0.123. The Morgan fingerprint density at radius 1 is 1.04 bits per heavy atom. The minimum absolute atomic E-state index is 0.0424. The Balaban J connectivity index is 1.92. The van der Waals surface area contributed by atoms with Crippen LogP contribution in [0.25, 0.3) is 0 Å². The van der Waals surface area contributed by atoms with E-state index < -0.39 is 0 Å². The largest absolute Gasteiger partial charge is 0.490 e. The number of amides is 1. The van der Waals surface area contributed by atoms with Crippen molar-refractivity contribution in [2.45, 2.75) is 33.7 Å². The molecule has 24 heavy (non-hydrogen) atoms. The number of benzene rings is 2. The molecule has 0 aliphatic rings. The first kappa shape index (κ1) is 17.9. The number of carbonyl (C=O) groups is 1. The molecule has 128 valence electrons. The zero-order valence-electron chi connectivity index (χ0n) is 14.8. The average Bonchev–Trinajstić information content (AvgIpc) is 2.56. The lowest BCUT2D eigenvalue weighted by atomic mass is 10.0. The van der Waals surface area contributed by atoms with Crippen LogP contribution < -0.4 is 14.8 Å². The third kappa shape index (κ3) is 4.75. The number of nitrogens with one attached hydrogen (secondary N) is 1. The molecule has 2 aromatic carbocycles. The van der Waals surface area contributed by atoms with Gasteiger partial charge in [0, 0.05) is 0 Å². The van der Waals surface area contributed by atoms with E-state index in [-0.39, 0.29) is 18.6 Å². The summed E-state index contributed by atoms with van der Waals surface area (Å²) < 4.78 is 11.1. The molecule has 0 aliphatic heterocycles. The van der Waals surface area contributed by atoms with Crippen molar-refractivity contribution in [3.63, 3.8) is 0 Å². The molecule has 0 aromatic heterocycles. The summed E-state index contributed by atoms with van der Waals surface area (Å²) in [5.74, 6) is 1.07. The van der Waals surface area contributed by atoms with Crippen LogP contribution in [-0.2, 0) is 4.79 Å². The van der Waals surface area contributed by atoms with Crippen molar-refractivity contribution in [1.82, 2.24) is 5.32 Å². The van der Waals surface area contributed by atoms with Gasteiger partial charge in [0.1, 0.15) is 0 Å². The predicted molar refractivity (Wildman–Crippen MR) is 95.6 cm³/mol. The second-order valence-corrected chi connectivity index (χ2v) is 5.80. The first-order valence-electron chi connectivity index (χ1n) is 8.22. The van der Waals surface area contributed by atoms with Crippen molar-refractivity contribution in [3.8, 4) is 11.5 Å². The summed E-state index contributed by atoms with van der Waals surface area (Å²) >= 11 is 0. The van der Waals surface area contributed by atoms with Crippen LogP contribution in [0, 0.1) is 13.8 Å². The van der Waals surface area contributed by atoms with E-state index in [0.717, 1.165) is 5.56 Å². The van der Waals surface area contributed by atoms with Gasteiger partial charge in [0.15, 0.2) is 18.1 Å². The molecule has 2 aromatic rings. The van der Waals surface area contributed by atoms with E-state index in [9.17, 15) is 4.79 Å². The molecular weight excluding hydrogens is 302 g/mol. The number of aryl methyl sites for hydroxylation is 2. The molecule has 0 saturated carbocycles. The van der Waals surface area contributed by atoms with Crippen molar-refractivity contribution in [1.29, 1.82) is 0 Å². The van der Waals surface area contributed by atoms with Gasteiger partial charge in [-0.2, -0.15) is 0 Å². The Morgan fingerprint density at radius 3 is 2.33 bits per heavy atom. The average molecular weight is 327 g/mol. The molecule has 0 fully saturated rings. The molecule has 4 nitrogen and oxygen atoms in total. The van der Waals surface area contributed by atoms with Gasteiger partial charge in [0.2, 0.25) is 0 Å². The van der Waals surface area contributed by atoms with Gasteiger partial charge in [-0.3, -0.25) is 4.79 Å². The second kappa shape index (κ2) is 8.39. The van der Waals surface area contributed by atoms with Gasteiger partial charge in [0.05, 0.1) is 12.6 Å². The highest BCUT2D eigenvalue weighted by Gasteiger charge is 2.12. The number of carbonyl (C=O) groups excluding carboxylic acids is 1. The number of ether oxygens (including phenoxy) is 2. The van der Waals surface area contributed by atoms with Crippen LogP contribution in [-0.4, -0.2) is 19.1 Å². The zero-order valence-corrected chi connectivity index (χ0v) is 14.8. The van der Waals surface area contributed by atoms with E-state index in [0.29, 0.717) is 18.1 Å². The smallest absolute Gasteiger partial charge is 0.258 e. The molecule has 0 heterocycles. The maximum Gasteiger partial charge on any atom is 0.258 e. The van der Waals surface area contributed by atoms with Gasteiger partial charge >= 0.3 is 0 Å². The van der Waals surface area contributed by atoms with E-state index >= 15 is 0 Å². The Morgan fingerprint density at radius 2 is 1.71 bits per heavy atom. The summed E-state index contributed by atoms with van der Waals surface area (Å²) in [6, 6.07) is 13.5. The Hall–Kier alpha value is -2.49. The molecule has 0 bridgehead atoms. The maximum absolute atomic E-state index is 12.1. The first-order chi connectivity index (χ1) is 11.5. The van der Waals surface area contributed by atoms with Gasteiger partial charge in [-0.15, -0.1) is 0 Å². The van der Waals surface area contributed by atoms with Gasteiger partial charge in [-0.1, -0.05) is 30.3 Å². The lowest BCUT2D eigenvalue weighted by Crippen LogP contribution is -2.31. The minimum atomic E-state index is -0.160. The van der Waals surface area contributed by atoms with Crippen molar-refractivity contribution in [2.75, 3.05) is 13.2 Å². The van der Waals surface area contributed by atoms with Crippen LogP contribution in [0.5, 0.6) is 11.5 Å². The first-order valence-corrected chi connectivity index (χ1v) is 8.22. The molecule has 0 spiro atoms. The third-order valence-corrected chi connectivity index (χ3v) is 3.92. The molecule has 1 N–H and O–H groups in total. The van der Waals surface area contributed by atoms with Crippen LogP contribution in [0.1, 0.15) is 36.6 Å². The number of hydrogen-bond acceptors (Lipinski definition) is 3. The van der Waals surface area contributed by atoms with Gasteiger partial charge in [-0.25, -0.2) is 0 Å². The zero-order chi connectivity index (χ0) is 17.5. The van der Waals surface area contributed by atoms with E-state index in [4.69, 9.17) is 9.47 Å². The topological polar surface area (TPSA) is 47.6 Å². The molecule has 1 atom stereocenters. The molecule has 4 heteroatoms. The number of rotatable bonds is 7. The van der Waals surface area contributed by atoms with Crippen LogP contribution in [0.15, 0.2) is 42.5 Å². The molecule has 0 aliphatic carbocycles. The normalized spacial score (nSPS) is 11.7. The van der Waals surface area contributed by atoms with E-state index in [1.54, 1.807) is 6.07 Å². The summed E-state index contributed by atoms with van der Waals surface area (Å²) in [6.45, 7) is 8.54. The number of hydrogen-bond donors (Lipinski definition) is 1. The van der Waals surface area contributed by atoms with Gasteiger partial charge < -0.3 is 14.8 Å². The lowest BCUT2D eigenvalue weighted by Gasteiger charge is -2.16. The highest BCUT2D eigenvalue weighted by atomic mass is 16.5. The van der Waals surface area contributed by atoms with Crippen molar-refractivity contribution < 1.29 is 14.3 Å². The Bertz CT molecular complexity index is 697. The summed E-state index contributed by atoms with van der Waals surface area (Å²) in [5.41, 5.74) is 3.55. The molecule has 2 rings (SSSR count). The highest BCUT2D eigenvalue weighted by molar-refractivity contribution is 5.78. The van der Waals surface area contributed by atoms with Gasteiger partial charge in [-0.05, 0) is 56.5 Å². The fourth-order valence-corrected chi connectivity index (χ4v) is 2.39. The van der Waals surface area contributed by atoms with E-state index in [2.05, 4.69) is 31.3 Å². The van der Waals surface area contributed by atoms with Crippen molar-refractivity contribution in [2.24, 2.45) is 0 Å². The molecule has 1 amide bonds. The standard InChI is InChI=1S/C20H25NO3/c1-5-23-18-8-6-7-9-19(18)24-13-20(22)21-16(4)17-11-10-14(2)15(3)12-17/h6-12,16H,5,13H2,1-4H3,(H,21,22). The SMILES string of the molecule is CCOc1ccccc1OCC(=O)NC(C)c1ccc(C)c(C)c1. The fraction of sp³-hybridized carbons (Fsp3) is 0.350. The summed E-state index contributed by atoms with van der Waals surface area (Å²) in [4.78, 5) is 12.1. The van der Waals surface area contributed by atoms with Crippen LogP contribution >= 0.6 is 0 Å². The monoisotopic (exact) mass is 327 g/mol. The second-order valence-electron chi connectivity index (χ2n) is 5.80. The summed E-state index contributed by atoms with van der Waals surface area (Å²) in [7, 11) is 0. The van der Waals surface area contributed by atoms with E-state index in [1.165, 1.54) is 11.1 Å². The van der Waals surface area contributed by atoms with Gasteiger partial charge in [0.25, 0.3) is 5.91 Å². The van der Waals surface area contributed by atoms with Crippen molar-refractivity contribution >= 4 is 5.91 Å². The quantitative estimate of drug-likeness (QED) is 0.837. The molecular formula is C20H25NO3. The minimum Gasteiger partial charge on any atom is -0.490 e. The highest BCUT2D eigenvalue weighted by Crippen LogP contribution is 2.26. The molecule has 0 saturated heterocycles. The van der Waals surface area contributed by atoms with Crippen LogP contribution in [0.3, 0.4) is 0 Å². The van der Waals surface area contributed by atoms with Crippen molar-refractivity contribution in [3.05, 3.63) is 59.2 Å². The summed E-state index contributed by atoms with van der Waals surface area (Å²) in [5, 5.41) is 2.96. The Kier molecular flexibility index (Phi) is 6.24. The fourth-order valence-electron chi connectivity index (χ4n) is 2.39. The molecule has 0 radical (unpaired) electrons. The van der Waals surface area contributed by atoms with Crippen LogP contribution in [0.2, 0.25) is 0 Å².